The van der Waals surface area contributed by atoms with Crippen molar-refractivity contribution in [2.24, 2.45) is 5.92 Å². The van der Waals surface area contributed by atoms with Gasteiger partial charge in [0.25, 0.3) is 0 Å². The third-order valence-corrected chi connectivity index (χ3v) is 5.49. The SMILES string of the molecule is COc1ccc(CC2COCC2(O)C(O)c2ccc(OC)c(OC)c2)cc1OC. The third kappa shape index (κ3) is 4.12. The second-order valence-corrected chi connectivity index (χ2v) is 7.11. The van der Waals surface area contributed by atoms with Crippen LogP contribution in [0.1, 0.15) is 17.2 Å². The molecule has 0 radical (unpaired) electrons. The Morgan fingerprint density at radius 1 is 0.931 bits per heavy atom. The van der Waals surface area contributed by atoms with E-state index in [9.17, 15) is 10.2 Å². The molecule has 158 valence electrons. The molecular formula is C22H28O7. The van der Waals surface area contributed by atoms with Crippen LogP contribution >= 0.6 is 0 Å². The van der Waals surface area contributed by atoms with E-state index in [1.165, 1.54) is 7.11 Å². The fraction of sp³-hybridized carbons (Fsp3) is 0.455. The van der Waals surface area contributed by atoms with E-state index in [2.05, 4.69) is 0 Å². The molecule has 3 unspecified atom stereocenters. The normalized spacial score (nSPS) is 22.2. The number of methoxy groups -OCH3 is 4. The van der Waals surface area contributed by atoms with Crippen LogP contribution in [0.3, 0.4) is 0 Å². The van der Waals surface area contributed by atoms with Crippen molar-refractivity contribution in [3.8, 4) is 23.0 Å². The summed E-state index contributed by atoms with van der Waals surface area (Å²) >= 11 is 0. The molecule has 3 rings (SSSR count). The molecule has 0 spiro atoms. The lowest BCUT2D eigenvalue weighted by molar-refractivity contribution is -0.101. The molecule has 7 heteroatoms. The molecule has 29 heavy (non-hydrogen) atoms. The molecule has 2 aromatic rings. The lowest BCUT2D eigenvalue weighted by atomic mass is 9.79. The molecule has 0 aromatic heterocycles. The van der Waals surface area contributed by atoms with Crippen molar-refractivity contribution >= 4 is 0 Å². The highest BCUT2D eigenvalue weighted by Crippen LogP contribution is 2.41. The van der Waals surface area contributed by atoms with Gasteiger partial charge >= 0.3 is 0 Å². The summed E-state index contributed by atoms with van der Waals surface area (Å²) in [7, 11) is 6.24. The maximum atomic E-state index is 11.3. The predicted octanol–water partition coefficient (Wildman–Crippen LogP) is 2.37. The van der Waals surface area contributed by atoms with E-state index in [-0.39, 0.29) is 12.5 Å². The molecule has 0 bridgehead atoms. The molecule has 0 saturated carbocycles. The maximum absolute atomic E-state index is 11.3. The Balaban J connectivity index is 1.85. The minimum absolute atomic E-state index is 0.0421. The van der Waals surface area contributed by atoms with E-state index in [1.807, 2.05) is 18.2 Å². The number of hydrogen-bond acceptors (Lipinski definition) is 7. The maximum Gasteiger partial charge on any atom is 0.161 e. The van der Waals surface area contributed by atoms with Crippen molar-refractivity contribution < 1.29 is 33.9 Å². The van der Waals surface area contributed by atoms with Gasteiger partial charge in [0, 0.05) is 5.92 Å². The van der Waals surface area contributed by atoms with Gasteiger partial charge in [0.1, 0.15) is 11.7 Å². The monoisotopic (exact) mass is 404 g/mol. The van der Waals surface area contributed by atoms with Crippen LogP contribution in [0.15, 0.2) is 36.4 Å². The van der Waals surface area contributed by atoms with Gasteiger partial charge < -0.3 is 33.9 Å². The first-order chi connectivity index (χ1) is 14.0. The molecule has 2 aromatic carbocycles. The lowest BCUT2D eigenvalue weighted by Crippen LogP contribution is -2.44. The highest BCUT2D eigenvalue weighted by Gasteiger charge is 2.48. The van der Waals surface area contributed by atoms with Gasteiger partial charge in [-0.1, -0.05) is 12.1 Å². The Morgan fingerprint density at radius 3 is 2.14 bits per heavy atom. The van der Waals surface area contributed by atoms with Gasteiger partial charge in [0.2, 0.25) is 0 Å². The fourth-order valence-corrected chi connectivity index (χ4v) is 3.77. The molecular weight excluding hydrogens is 376 g/mol. The van der Waals surface area contributed by atoms with Crippen LogP contribution in [0, 0.1) is 5.92 Å². The first kappa shape index (κ1) is 21.2. The van der Waals surface area contributed by atoms with Gasteiger partial charge in [-0.3, -0.25) is 0 Å². The molecule has 2 N–H and O–H groups in total. The van der Waals surface area contributed by atoms with Crippen molar-refractivity contribution in [2.45, 2.75) is 18.1 Å². The fourth-order valence-electron chi connectivity index (χ4n) is 3.77. The van der Waals surface area contributed by atoms with Gasteiger partial charge in [-0.2, -0.15) is 0 Å². The van der Waals surface area contributed by atoms with Crippen molar-refractivity contribution in [1.29, 1.82) is 0 Å². The third-order valence-electron chi connectivity index (χ3n) is 5.49. The average molecular weight is 404 g/mol. The highest BCUT2D eigenvalue weighted by atomic mass is 16.5. The van der Waals surface area contributed by atoms with Gasteiger partial charge in [0.15, 0.2) is 23.0 Å². The minimum Gasteiger partial charge on any atom is -0.493 e. The number of aliphatic hydroxyl groups excluding tert-OH is 1. The Morgan fingerprint density at radius 2 is 1.52 bits per heavy atom. The summed E-state index contributed by atoms with van der Waals surface area (Å²) in [6.45, 7) is 0.385. The second kappa shape index (κ2) is 8.90. The summed E-state index contributed by atoms with van der Waals surface area (Å²) in [5.41, 5.74) is 0.0521. The topological polar surface area (TPSA) is 86.6 Å². The van der Waals surface area contributed by atoms with Crippen molar-refractivity contribution in [1.82, 2.24) is 0 Å². The van der Waals surface area contributed by atoms with Crippen LogP contribution in [0.5, 0.6) is 23.0 Å². The van der Waals surface area contributed by atoms with Gasteiger partial charge in [0.05, 0.1) is 41.7 Å². The number of ether oxygens (including phenoxy) is 5. The van der Waals surface area contributed by atoms with Crippen molar-refractivity contribution in [3.63, 3.8) is 0 Å². The Kier molecular flexibility index (Phi) is 6.52. The summed E-state index contributed by atoms with van der Waals surface area (Å²) in [4.78, 5) is 0. The van der Waals surface area contributed by atoms with E-state index < -0.39 is 11.7 Å². The molecule has 1 fully saturated rings. The summed E-state index contributed by atoms with van der Waals surface area (Å²) in [5, 5.41) is 22.4. The van der Waals surface area contributed by atoms with E-state index in [0.717, 1.165) is 5.56 Å². The highest BCUT2D eigenvalue weighted by molar-refractivity contribution is 5.45. The van der Waals surface area contributed by atoms with Crippen LogP contribution in [0.25, 0.3) is 0 Å². The zero-order valence-electron chi connectivity index (χ0n) is 17.2. The largest absolute Gasteiger partial charge is 0.493 e. The molecule has 0 amide bonds. The molecule has 3 atom stereocenters. The molecule has 1 aliphatic heterocycles. The second-order valence-electron chi connectivity index (χ2n) is 7.11. The predicted molar refractivity (Wildman–Crippen MR) is 107 cm³/mol. The zero-order valence-corrected chi connectivity index (χ0v) is 17.2. The molecule has 1 saturated heterocycles. The first-order valence-electron chi connectivity index (χ1n) is 9.37. The number of aliphatic hydroxyl groups is 2. The standard InChI is InChI=1S/C22H28O7/c1-25-17-7-5-14(10-19(17)27-3)9-16-12-29-13-22(16,24)21(23)15-6-8-18(26-2)20(11-15)28-4/h5-8,10-11,16,21,23-24H,9,12-13H2,1-4H3. The Labute approximate surface area is 170 Å². The summed E-state index contributed by atoms with van der Waals surface area (Å²) in [5.74, 6) is 2.00. The summed E-state index contributed by atoms with van der Waals surface area (Å²) in [6, 6.07) is 10.7. The van der Waals surface area contributed by atoms with Crippen LogP contribution in [-0.2, 0) is 11.2 Å². The lowest BCUT2D eigenvalue weighted by Gasteiger charge is -2.33. The quantitative estimate of drug-likeness (QED) is 0.699. The van der Waals surface area contributed by atoms with Crippen LogP contribution in [0.4, 0.5) is 0 Å². The average Bonchev–Trinajstić information content (AvgIpc) is 3.13. The van der Waals surface area contributed by atoms with Crippen molar-refractivity contribution in [2.75, 3.05) is 41.7 Å². The number of hydrogen-bond donors (Lipinski definition) is 2. The summed E-state index contributed by atoms with van der Waals surface area (Å²) < 4.78 is 26.8. The van der Waals surface area contributed by atoms with E-state index in [4.69, 9.17) is 23.7 Å². The molecule has 1 heterocycles. The van der Waals surface area contributed by atoms with Gasteiger partial charge in [-0.25, -0.2) is 0 Å². The number of rotatable bonds is 8. The molecule has 1 aliphatic rings. The van der Waals surface area contributed by atoms with Crippen LogP contribution in [-0.4, -0.2) is 57.5 Å². The van der Waals surface area contributed by atoms with Crippen molar-refractivity contribution in [3.05, 3.63) is 47.5 Å². The smallest absolute Gasteiger partial charge is 0.161 e. The minimum atomic E-state index is -1.44. The van der Waals surface area contributed by atoms with Gasteiger partial charge in [-0.05, 0) is 41.8 Å². The first-order valence-corrected chi connectivity index (χ1v) is 9.37. The van der Waals surface area contributed by atoms with E-state index >= 15 is 0 Å². The summed E-state index contributed by atoms with van der Waals surface area (Å²) in [6.07, 6.45) is -0.628. The number of benzene rings is 2. The van der Waals surface area contributed by atoms with Crippen LogP contribution in [0.2, 0.25) is 0 Å². The van der Waals surface area contributed by atoms with Crippen LogP contribution < -0.4 is 18.9 Å². The van der Waals surface area contributed by atoms with E-state index in [0.29, 0.717) is 41.6 Å². The molecule has 0 aliphatic carbocycles. The zero-order chi connectivity index (χ0) is 21.0. The Bertz CT molecular complexity index is 838. The Hall–Kier alpha value is -2.48. The van der Waals surface area contributed by atoms with E-state index in [1.54, 1.807) is 39.5 Å². The van der Waals surface area contributed by atoms with Gasteiger partial charge in [-0.15, -0.1) is 0 Å². The molecule has 7 nitrogen and oxygen atoms in total.